The van der Waals surface area contributed by atoms with Gasteiger partial charge in [-0.25, -0.2) is 4.39 Å². The smallest absolute Gasteiger partial charge is 0.231 e. The van der Waals surface area contributed by atoms with Gasteiger partial charge in [0, 0.05) is 5.41 Å². The number of hydrogen-bond acceptors (Lipinski definition) is 3. The number of hydrogen-bond donors (Lipinski definition) is 1. The van der Waals surface area contributed by atoms with Crippen LogP contribution in [0.1, 0.15) is 18.4 Å². The number of aliphatic hydroxyl groups excluding tert-OH is 1. The molecule has 1 aromatic carbocycles. The highest BCUT2D eigenvalue weighted by atomic mass is 19.1. The van der Waals surface area contributed by atoms with Crippen LogP contribution in [0.2, 0.25) is 0 Å². The summed E-state index contributed by atoms with van der Waals surface area (Å²) in [5.74, 6) is 0.975. The van der Waals surface area contributed by atoms with Gasteiger partial charge in [-0.3, -0.25) is 0 Å². The molecule has 3 rings (SSSR count). The van der Waals surface area contributed by atoms with E-state index < -0.39 is 12.4 Å². The fourth-order valence-electron chi connectivity index (χ4n) is 2.20. The van der Waals surface area contributed by atoms with Crippen LogP contribution in [0.25, 0.3) is 0 Å². The minimum absolute atomic E-state index is 0.243. The zero-order valence-electron chi connectivity index (χ0n) is 9.28. The van der Waals surface area contributed by atoms with Gasteiger partial charge in [-0.15, -0.1) is 0 Å². The molecule has 2 aliphatic rings. The molecule has 0 spiro atoms. The Kier molecular flexibility index (Phi) is 2.33. The molecular weight excluding hydrogens is 223 g/mol. The summed E-state index contributed by atoms with van der Waals surface area (Å²) in [6.45, 7) is -0.293. The molecule has 90 valence electrons. The van der Waals surface area contributed by atoms with E-state index in [1.807, 2.05) is 18.2 Å². The highest BCUT2D eigenvalue weighted by Gasteiger charge is 2.43. The minimum atomic E-state index is -0.535. The third-order valence-electron chi connectivity index (χ3n) is 3.32. The second kappa shape index (κ2) is 3.74. The lowest BCUT2D eigenvalue weighted by Crippen LogP contribution is -2.04. The summed E-state index contributed by atoms with van der Waals surface area (Å²) in [5.41, 5.74) is 0.763. The van der Waals surface area contributed by atoms with Crippen molar-refractivity contribution in [3.05, 3.63) is 35.7 Å². The summed E-state index contributed by atoms with van der Waals surface area (Å²) in [6.07, 6.45) is 3.32. The van der Waals surface area contributed by atoms with E-state index in [0.717, 1.165) is 24.2 Å². The molecule has 0 aromatic heterocycles. The molecule has 0 atom stereocenters. The van der Waals surface area contributed by atoms with E-state index in [-0.39, 0.29) is 12.2 Å². The average molecular weight is 236 g/mol. The van der Waals surface area contributed by atoms with Gasteiger partial charge in [0.1, 0.15) is 5.83 Å². The molecule has 0 radical (unpaired) electrons. The molecule has 1 saturated carbocycles. The number of halogens is 1. The molecule has 4 heteroatoms. The van der Waals surface area contributed by atoms with Crippen LogP contribution in [0.4, 0.5) is 4.39 Å². The Morgan fingerprint density at radius 2 is 2.12 bits per heavy atom. The fraction of sp³-hybridized carbons (Fsp3) is 0.385. The molecule has 17 heavy (non-hydrogen) atoms. The molecule has 3 nitrogen and oxygen atoms in total. The average Bonchev–Trinajstić information content (AvgIpc) is 2.97. The summed E-state index contributed by atoms with van der Waals surface area (Å²) in [5, 5.41) is 8.74. The number of allylic oxidation sites excluding steroid dienone is 1. The first-order valence-corrected chi connectivity index (χ1v) is 5.62. The van der Waals surface area contributed by atoms with E-state index in [0.29, 0.717) is 5.75 Å². The SMILES string of the molecule is OCC(F)=CC1(c2ccc3c(c2)OCO3)CC1. The summed E-state index contributed by atoms with van der Waals surface area (Å²) >= 11 is 0. The molecule has 1 aliphatic heterocycles. The van der Waals surface area contributed by atoms with Gasteiger partial charge in [0.2, 0.25) is 6.79 Å². The first-order valence-electron chi connectivity index (χ1n) is 5.62. The maximum absolute atomic E-state index is 13.2. The van der Waals surface area contributed by atoms with Gasteiger partial charge in [-0.1, -0.05) is 6.07 Å². The third kappa shape index (κ3) is 1.78. The van der Waals surface area contributed by atoms with E-state index in [4.69, 9.17) is 14.6 Å². The van der Waals surface area contributed by atoms with Crippen LogP contribution >= 0.6 is 0 Å². The molecule has 1 aliphatic carbocycles. The van der Waals surface area contributed by atoms with Crippen molar-refractivity contribution < 1.29 is 19.0 Å². The second-order valence-corrected chi connectivity index (χ2v) is 4.47. The number of rotatable bonds is 3. The Bertz CT molecular complexity index is 478. The first kappa shape index (κ1) is 10.6. The van der Waals surface area contributed by atoms with E-state index >= 15 is 0 Å². The van der Waals surface area contributed by atoms with Crippen molar-refractivity contribution >= 4 is 0 Å². The van der Waals surface area contributed by atoms with E-state index in [1.165, 1.54) is 6.08 Å². The van der Waals surface area contributed by atoms with Crippen molar-refractivity contribution in [2.75, 3.05) is 13.4 Å². The Balaban J connectivity index is 1.94. The highest BCUT2D eigenvalue weighted by molar-refractivity contribution is 5.49. The lowest BCUT2D eigenvalue weighted by molar-refractivity contribution is 0.174. The zero-order valence-corrected chi connectivity index (χ0v) is 9.28. The zero-order chi connectivity index (χ0) is 11.9. The van der Waals surface area contributed by atoms with Crippen LogP contribution in [0.5, 0.6) is 11.5 Å². The van der Waals surface area contributed by atoms with Crippen molar-refractivity contribution in [3.63, 3.8) is 0 Å². The lowest BCUT2D eigenvalue weighted by atomic mass is 9.95. The molecule has 1 N–H and O–H groups in total. The van der Waals surface area contributed by atoms with Gasteiger partial charge in [-0.2, -0.15) is 0 Å². The summed E-state index contributed by atoms with van der Waals surface area (Å²) in [4.78, 5) is 0. The summed E-state index contributed by atoms with van der Waals surface area (Å²) < 4.78 is 23.7. The number of benzene rings is 1. The fourth-order valence-corrected chi connectivity index (χ4v) is 2.20. The molecule has 0 saturated heterocycles. The van der Waals surface area contributed by atoms with E-state index in [1.54, 1.807) is 0 Å². The van der Waals surface area contributed by atoms with Gasteiger partial charge < -0.3 is 14.6 Å². The standard InChI is InChI=1S/C13H13FO3/c14-10(7-15)6-13(3-4-13)9-1-2-11-12(5-9)17-8-16-11/h1-2,5-6,15H,3-4,7-8H2. The van der Waals surface area contributed by atoms with Crippen LogP contribution in [-0.2, 0) is 5.41 Å². The summed E-state index contributed by atoms with van der Waals surface area (Å²) in [6, 6.07) is 5.68. The minimum Gasteiger partial charge on any atom is -0.454 e. The predicted molar refractivity (Wildman–Crippen MR) is 59.8 cm³/mol. The molecule has 0 amide bonds. The quantitative estimate of drug-likeness (QED) is 0.875. The van der Waals surface area contributed by atoms with Crippen molar-refractivity contribution in [1.82, 2.24) is 0 Å². The summed E-state index contributed by atoms with van der Waals surface area (Å²) in [7, 11) is 0. The van der Waals surface area contributed by atoms with Gasteiger partial charge in [0.15, 0.2) is 11.5 Å². The van der Waals surface area contributed by atoms with E-state index in [2.05, 4.69) is 0 Å². The van der Waals surface area contributed by atoms with Gasteiger partial charge in [0.05, 0.1) is 6.61 Å². The molecule has 0 unspecified atom stereocenters. The molecule has 1 heterocycles. The van der Waals surface area contributed by atoms with Crippen molar-refractivity contribution in [3.8, 4) is 11.5 Å². The van der Waals surface area contributed by atoms with Crippen LogP contribution in [-0.4, -0.2) is 18.5 Å². The normalized spacial score (nSPS) is 20.5. The monoisotopic (exact) mass is 236 g/mol. The largest absolute Gasteiger partial charge is 0.454 e. The maximum atomic E-state index is 13.2. The maximum Gasteiger partial charge on any atom is 0.231 e. The molecule has 1 aromatic rings. The van der Waals surface area contributed by atoms with Crippen molar-refractivity contribution in [2.45, 2.75) is 18.3 Å². The Morgan fingerprint density at radius 1 is 1.35 bits per heavy atom. The number of ether oxygens (including phenoxy) is 2. The lowest BCUT2D eigenvalue weighted by Gasteiger charge is -2.11. The Morgan fingerprint density at radius 3 is 2.82 bits per heavy atom. The third-order valence-corrected chi connectivity index (χ3v) is 3.32. The molecular formula is C13H13FO3. The van der Waals surface area contributed by atoms with Crippen LogP contribution in [0.3, 0.4) is 0 Å². The topological polar surface area (TPSA) is 38.7 Å². The molecule has 0 bridgehead atoms. The van der Waals surface area contributed by atoms with Crippen LogP contribution < -0.4 is 9.47 Å². The first-order chi connectivity index (χ1) is 8.23. The van der Waals surface area contributed by atoms with Crippen molar-refractivity contribution in [2.24, 2.45) is 0 Å². The Hall–Kier alpha value is -1.55. The highest BCUT2D eigenvalue weighted by Crippen LogP contribution is 2.52. The predicted octanol–water partition coefficient (Wildman–Crippen LogP) is 2.29. The van der Waals surface area contributed by atoms with Crippen molar-refractivity contribution in [1.29, 1.82) is 0 Å². The Labute approximate surface area is 98.5 Å². The van der Waals surface area contributed by atoms with Crippen LogP contribution in [0, 0.1) is 0 Å². The van der Waals surface area contributed by atoms with Gasteiger partial charge in [0.25, 0.3) is 0 Å². The second-order valence-electron chi connectivity index (χ2n) is 4.47. The van der Waals surface area contributed by atoms with Crippen LogP contribution in [0.15, 0.2) is 30.1 Å². The number of fused-ring (bicyclic) bond motifs is 1. The van der Waals surface area contributed by atoms with Gasteiger partial charge in [-0.05, 0) is 36.6 Å². The molecule has 1 fully saturated rings. The number of aliphatic hydroxyl groups is 1. The van der Waals surface area contributed by atoms with Gasteiger partial charge >= 0.3 is 0 Å². The van der Waals surface area contributed by atoms with E-state index in [9.17, 15) is 4.39 Å².